The Hall–Kier alpha value is -1.76. The van der Waals surface area contributed by atoms with Crippen LogP contribution < -0.4 is 0 Å². The molecule has 15 heavy (non-hydrogen) atoms. The van der Waals surface area contributed by atoms with Crippen molar-refractivity contribution in [1.29, 1.82) is 0 Å². The lowest BCUT2D eigenvalue weighted by atomic mass is 10.1. The SMILES string of the molecule is CC1=CC=C/C1=C/C=C1C=CN(C)C=C1. The highest BCUT2D eigenvalue weighted by Gasteiger charge is 1.99. The topological polar surface area (TPSA) is 3.24 Å². The molecule has 0 saturated heterocycles. The molecular formula is C14H15N. The van der Waals surface area contributed by atoms with Gasteiger partial charge in [0.2, 0.25) is 0 Å². The van der Waals surface area contributed by atoms with Crippen molar-refractivity contribution < 1.29 is 0 Å². The molecule has 1 aliphatic heterocycles. The Kier molecular flexibility index (Phi) is 2.72. The fourth-order valence-corrected chi connectivity index (χ4v) is 1.52. The molecule has 0 radical (unpaired) electrons. The molecule has 0 N–H and O–H groups in total. The van der Waals surface area contributed by atoms with Crippen LogP contribution in [0.5, 0.6) is 0 Å². The summed E-state index contributed by atoms with van der Waals surface area (Å²) in [5, 5.41) is 0. The molecule has 0 amide bonds. The predicted octanol–water partition coefficient (Wildman–Crippen LogP) is 3.33. The Morgan fingerprint density at radius 3 is 2.40 bits per heavy atom. The first-order chi connectivity index (χ1) is 7.25. The van der Waals surface area contributed by atoms with Gasteiger partial charge in [0.05, 0.1) is 0 Å². The molecule has 0 bridgehead atoms. The number of nitrogens with zero attached hydrogens (tertiary/aromatic N) is 1. The molecule has 0 aromatic heterocycles. The van der Waals surface area contributed by atoms with Crippen LogP contribution in [0.3, 0.4) is 0 Å². The van der Waals surface area contributed by atoms with E-state index >= 15 is 0 Å². The van der Waals surface area contributed by atoms with Crippen LogP contribution in [0.1, 0.15) is 6.92 Å². The second-order valence-corrected chi connectivity index (χ2v) is 3.79. The molecule has 2 rings (SSSR count). The smallest absolute Gasteiger partial charge is 0.0106 e. The third-order valence-corrected chi connectivity index (χ3v) is 2.54. The van der Waals surface area contributed by atoms with E-state index in [4.69, 9.17) is 0 Å². The van der Waals surface area contributed by atoms with E-state index in [1.807, 2.05) is 11.9 Å². The molecule has 76 valence electrons. The van der Waals surface area contributed by atoms with Crippen molar-refractivity contribution >= 4 is 0 Å². The first-order valence-electron chi connectivity index (χ1n) is 5.11. The molecule has 1 heteroatoms. The minimum absolute atomic E-state index is 1.23. The predicted molar refractivity (Wildman–Crippen MR) is 65.1 cm³/mol. The zero-order valence-corrected chi connectivity index (χ0v) is 9.14. The summed E-state index contributed by atoms with van der Waals surface area (Å²) in [5.74, 6) is 0. The number of hydrogen-bond acceptors (Lipinski definition) is 1. The maximum Gasteiger partial charge on any atom is 0.0106 e. The zero-order chi connectivity index (χ0) is 10.7. The summed E-state index contributed by atoms with van der Waals surface area (Å²) in [6, 6.07) is 0. The first kappa shape index (κ1) is 9.78. The van der Waals surface area contributed by atoms with Gasteiger partial charge >= 0.3 is 0 Å². The lowest BCUT2D eigenvalue weighted by molar-refractivity contribution is 0.620. The Morgan fingerprint density at radius 1 is 1.07 bits per heavy atom. The molecule has 2 aliphatic rings. The number of hydrogen-bond donors (Lipinski definition) is 0. The van der Waals surface area contributed by atoms with Crippen molar-refractivity contribution in [3.05, 3.63) is 71.7 Å². The van der Waals surface area contributed by atoms with Gasteiger partial charge in [-0.3, -0.25) is 0 Å². The van der Waals surface area contributed by atoms with E-state index in [1.54, 1.807) is 0 Å². The van der Waals surface area contributed by atoms with Crippen LogP contribution in [0, 0.1) is 0 Å². The van der Waals surface area contributed by atoms with Crippen LogP contribution in [0.25, 0.3) is 0 Å². The van der Waals surface area contributed by atoms with E-state index in [0.29, 0.717) is 0 Å². The van der Waals surface area contributed by atoms with E-state index in [2.05, 4.69) is 61.9 Å². The van der Waals surface area contributed by atoms with E-state index in [-0.39, 0.29) is 0 Å². The van der Waals surface area contributed by atoms with Gasteiger partial charge < -0.3 is 4.90 Å². The minimum atomic E-state index is 1.23. The summed E-state index contributed by atoms with van der Waals surface area (Å²) in [6.45, 7) is 2.13. The third-order valence-electron chi connectivity index (χ3n) is 2.54. The monoisotopic (exact) mass is 197 g/mol. The largest absolute Gasteiger partial charge is 0.357 e. The van der Waals surface area contributed by atoms with Crippen LogP contribution in [0.15, 0.2) is 71.7 Å². The van der Waals surface area contributed by atoms with Gasteiger partial charge in [0, 0.05) is 19.4 Å². The van der Waals surface area contributed by atoms with E-state index in [0.717, 1.165) is 0 Å². The van der Waals surface area contributed by atoms with Crippen LogP contribution in [0.2, 0.25) is 0 Å². The third kappa shape index (κ3) is 2.38. The summed E-state index contributed by atoms with van der Waals surface area (Å²) in [4.78, 5) is 2.03. The van der Waals surface area contributed by atoms with Crippen LogP contribution in [-0.2, 0) is 0 Å². The van der Waals surface area contributed by atoms with Crippen LogP contribution >= 0.6 is 0 Å². The second kappa shape index (κ2) is 4.18. The van der Waals surface area contributed by atoms with Crippen molar-refractivity contribution in [3.63, 3.8) is 0 Å². The minimum Gasteiger partial charge on any atom is -0.357 e. The van der Waals surface area contributed by atoms with Gasteiger partial charge in [-0.1, -0.05) is 30.4 Å². The maximum atomic E-state index is 2.16. The van der Waals surface area contributed by atoms with Gasteiger partial charge in [-0.15, -0.1) is 0 Å². The quantitative estimate of drug-likeness (QED) is 0.623. The van der Waals surface area contributed by atoms with E-state index < -0.39 is 0 Å². The van der Waals surface area contributed by atoms with Crippen molar-refractivity contribution in [2.24, 2.45) is 0 Å². The van der Waals surface area contributed by atoms with Crippen molar-refractivity contribution in [1.82, 2.24) is 4.90 Å². The van der Waals surface area contributed by atoms with E-state index in [9.17, 15) is 0 Å². The molecule has 0 atom stereocenters. The normalized spacial score (nSPS) is 21.5. The molecule has 1 aliphatic carbocycles. The molecule has 0 aromatic rings. The summed E-state index contributed by atoms with van der Waals surface area (Å²) in [5.41, 5.74) is 3.85. The molecule has 0 fully saturated rings. The first-order valence-corrected chi connectivity index (χ1v) is 5.11. The van der Waals surface area contributed by atoms with Gasteiger partial charge in [0.15, 0.2) is 0 Å². The number of allylic oxidation sites excluding steroid dienone is 10. The summed E-state index contributed by atoms with van der Waals surface area (Å²) < 4.78 is 0. The van der Waals surface area contributed by atoms with Crippen molar-refractivity contribution in [2.45, 2.75) is 6.92 Å². The lowest BCUT2D eigenvalue weighted by Crippen LogP contribution is -2.02. The molecule has 1 heterocycles. The zero-order valence-electron chi connectivity index (χ0n) is 9.14. The molecule has 0 spiro atoms. The Bertz CT molecular complexity index is 412. The van der Waals surface area contributed by atoms with Gasteiger partial charge in [-0.25, -0.2) is 0 Å². The molecule has 1 nitrogen and oxygen atoms in total. The highest BCUT2D eigenvalue weighted by atomic mass is 15.0. The lowest BCUT2D eigenvalue weighted by Gasteiger charge is -2.11. The van der Waals surface area contributed by atoms with Crippen molar-refractivity contribution in [3.8, 4) is 0 Å². The van der Waals surface area contributed by atoms with Gasteiger partial charge in [-0.05, 0) is 35.8 Å². The Balaban J connectivity index is 2.13. The maximum absolute atomic E-state index is 2.16. The second-order valence-electron chi connectivity index (χ2n) is 3.79. The van der Waals surface area contributed by atoms with Gasteiger partial charge in [-0.2, -0.15) is 0 Å². The van der Waals surface area contributed by atoms with Crippen LogP contribution in [0.4, 0.5) is 0 Å². The van der Waals surface area contributed by atoms with Gasteiger partial charge in [0.25, 0.3) is 0 Å². The van der Waals surface area contributed by atoms with Crippen molar-refractivity contribution in [2.75, 3.05) is 7.05 Å². The summed E-state index contributed by atoms with van der Waals surface area (Å²) in [6.07, 6.45) is 19.0. The average molecular weight is 197 g/mol. The Morgan fingerprint density at radius 2 is 1.80 bits per heavy atom. The Labute approximate surface area is 91.1 Å². The van der Waals surface area contributed by atoms with E-state index in [1.165, 1.54) is 16.7 Å². The highest BCUT2D eigenvalue weighted by molar-refractivity contribution is 5.50. The average Bonchev–Trinajstić information content (AvgIpc) is 2.63. The number of rotatable bonds is 1. The molecule has 0 aromatic carbocycles. The molecule has 0 saturated carbocycles. The molecule has 0 unspecified atom stereocenters. The summed E-state index contributed by atoms with van der Waals surface area (Å²) >= 11 is 0. The standard InChI is InChI=1S/C14H15N/c1-12-4-3-5-14(12)7-6-13-8-10-15(2)11-9-13/h3-11H,1-2H3/b14-7-. The summed E-state index contributed by atoms with van der Waals surface area (Å²) in [7, 11) is 2.02. The fourth-order valence-electron chi connectivity index (χ4n) is 1.52. The van der Waals surface area contributed by atoms with Gasteiger partial charge in [0.1, 0.15) is 0 Å². The van der Waals surface area contributed by atoms with Crippen LogP contribution in [-0.4, -0.2) is 11.9 Å². The molecular weight excluding hydrogens is 182 g/mol. The highest BCUT2D eigenvalue weighted by Crippen LogP contribution is 2.18. The fraction of sp³-hybridized carbons (Fsp3) is 0.143.